The summed E-state index contributed by atoms with van der Waals surface area (Å²) >= 11 is 0. The van der Waals surface area contributed by atoms with E-state index in [4.69, 9.17) is 9.47 Å². The number of anilines is 1. The molecule has 2 aliphatic rings. The average Bonchev–Trinajstić information content (AvgIpc) is 3.30. The molecule has 0 radical (unpaired) electrons. The Bertz CT molecular complexity index is 1020. The number of ether oxygens (including phenoxy) is 2. The van der Waals surface area contributed by atoms with Gasteiger partial charge in [0.15, 0.2) is 0 Å². The zero-order chi connectivity index (χ0) is 22.9. The fourth-order valence-electron chi connectivity index (χ4n) is 4.63. The van der Waals surface area contributed by atoms with E-state index in [1.807, 2.05) is 6.07 Å². The number of carbonyl (C=O) groups is 4. The minimum Gasteiger partial charge on any atom is -0.464 e. The Morgan fingerprint density at radius 2 is 1.41 bits per heavy atom. The van der Waals surface area contributed by atoms with Gasteiger partial charge in [0.05, 0.1) is 30.7 Å². The van der Waals surface area contributed by atoms with Crippen molar-refractivity contribution in [2.45, 2.75) is 25.4 Å². The summed E-state index contributed by atoms with van der Waals surface area (Å²) in [6.45, 7) is 3.21. The molecule has 2 amide bonds. The third kappa shape index (κ3) is 3.18. The van der Waals surface area contributed by atoms with Gasteiger partial charge in [-0.05, 0) is 31.5 Å². The van der Waals surface area contributed by atoms with E-state index in [0.29, 0.717) is 11.3 Å². The van der Waals surface area contributed by atoms with Gasteiger partial charge in [-0.15, -0.1) is 0 Å². The number of fused-ring (bicyclic) bond motifs is 1. The molecule has 0 bridgehead atoms. The summed E-state index contributed by atoms with van der Waals surface area (Å²) in [6, 6.07) is 16.7. The molecule has 166 valence electrons. The van der Waals surface area contributed by atoms with Crippen LogP contribution in [0.4, 0.5) is 5.69 Å². The molecule has 32 heavy (non-hydrogen) atoms. The van der Waals surface area contributed by atoms with E-state index in [9.17, 15) is 19.2 Å². The molecule has 4 rings (SSSR count). The van der Waals surface area contributed by atoms with Crippen LogP contribution < -0.4 is 10.2 Å². The Labute approximate surface area is 185 Å². The topological polar surface area (TPSA) is 102 Å². The van der Waals surface area contributed by atoms with Gasteiger partial charge in [-0.3, -0.25) is 14.9 Å². The number of esters is 2. The van der Waals surface area contributed by atoms with Crippen LogP contribution in [0.25, 0.3) is 0 Å². The smallest absolute Gasteiger partial charge is 0.338 e. The van der Waals surface area contributed by atoms with Gasteiger partial charge in [0.1, 0.15) is 0 Å². The zero-order valence-electron chi connectivity index (χ0n) is 17.8. The Morgan fingerprint density at radius 1 is 0.875 bits per heavy atom. The number of imide groups is 1. The number of hydrogen-bond donors (Lipinski definition) is 1. The summed E-state index contributed by atoms with van der Waals surface area (Å²) in [4.78, 5) is 54.8. The molecule has 2 aromatic carbocycles. The van der Waals surface area contributed by atoms with Gasteiger partial charge in [0.2, 0.25) is 17.4 Å². The van der Waals surface area contributed by atoms with Crippen molar-refractivity contribution in [1.82, 2.24) is 5.32 Å². The predicted molar refractivity (Wildman–Crippen MR) is 114 cm³/mol. The maximum atomic E-state index is 13.7. The first-order valence-corrected chi connectivity index (χ1v) is 10.6. The van der Waals surface area contributed by atoms with Gasteiger partial charge < -0.3 is 9.47 Å². The first-order chi connectivity index (χ1) is 15.5. The van der Waals surface area contributed by atoms with Crippen LogP contribution in [0.3, 0.4) is 0 Å². The summed E-state index contributed by atoms with van der Waals surface area (Å²) in [6.07, 6.45) is 0. The number of carbonyl (C=O) groups excluding carboxylic acids is 4. The average molecular weight is 436 g/mol. The third-order valence-corrected chi connectivity index (χ3v) is 5.93. The number of rotatable bonds is 6. The highest BCUT2D eigenvalue weighted by molar-refractivity contribution is 6.27. The number of para-hydroxylation sites is 1. The summed E-state index contributed by atoms with van der Waals surface area (Å²) in [5.74, 6) is -5.27. The molecular weight excluding hydrogens is 412 g/mol. The zero-order valence-corrected chi connectivity index (χ0v) is 17.8. The first kappa shape index (κ1) is 21.7. The van der Waals surface area contributed by atoms with Crippen LogP contribution in [0.2, 0.25) is 0 Å². The fraction of sp³-hybridized carbons (Fsp3) is 0.333. The van der Waals surface area contributed by atoms with Crippen molar-refractivity contribution in [3.05, 3.63) is 66.2 Å². The molecule has 0 saturated carbocycles. The van der Waals surface area contributed by atoms with Gasteiger partial charge >= 0.3 is 11.9 Å². The maximum Gasteiger partial charge on any atom is 0.338 e. The van der Waals surface area contributed by atoms with Crippen LogP contribution in [0.1, 0.15) is 25.5 Å². The summed E-state index contributed by atoms with van der Waals surface area (Å²) in [7, 11) is 0. The molecule has 0 unspecified atom stereocenters. The van der Waals surface area contributed by atoms with Crippen molar-refractivity contribution in [2.75, 3.05) is 18.1 Å². The van der Waals surface area contributed by atoms with Crippen molar-refractivity contribution >= 4 is 29.4 Å². The van der Waals surface area contributed by atoms with Crippen molar-refractivity contribution in [3.63, 3.8) is 0 Å². The van der Waals surface area contributed by atoms with Crippen molar-refractivity contribution in [3.8, 4) is 0 Å². The molecular formula is C24H24N2O6. The number of amides is 2. The van der Waals surface area contributed by atoms with Gasteiger partial charge in [0.25, 0.3) is 0 Å². The molecule has 2 heterocycles. The van der Waals surface area contributed by atoms with E-state index in [2.05, 4.69) is 5.32 Å². The van der Waals surface area contributed by atoms with E-state index < -0.39 is 47.2 Å². The third-order valence-electron chi connectivity index (χ3n) is 5.93. The van der Waals surface area contributed by atoms with E-state index >= 15 is 0 Å². The summed E-state index contributed by atoms with van der Waals surface area (Å²) < 4.78 is 10.5. The van der Waals surface area contributed by atoms with Gasteiger partial charge in [0, 0.05) is 6.04 Å². The van der Waals surface area contributed by atoms with E-state index in [1.165, 1.54) is 0 Å². The lowest BCUT2D eigenvalue weighted by molar-refractivity contribution is -0.169. The highest BCUT2D eigenvalue weighted by Crippen LogP contribution is 2.50. The molecule has 2 aromatic rings. The van der Waals surface area contributed by atoms with Gasteiger partial charge in [-0.25, -0.2) is 14.5 Å². The van der Waals surface area contributed by atoms with Crippen molar-refractivity contribution in [2.24, 2.45) is 11.8 Å². The molecule has 2 saturated heterocycles. The molecule has 2 aliphatic heterocycles. The lowest BCUT2D eigenvalue weighted by Gasteiger charge is -2.30. The van der Waals surface area contributed by atoms with E-state index in [-0.39, 0.29) is 13.2 Å². The SMILES string of the molecule is CCOC(=O)C1(C(=O)OCC)N[C@@H](c2ccccc2)[C@H]2C(=O)N(c3ccccc3)C(=O)[C@H]21. The Balaban J connectivity index is 1.90. The number of nitrogens with one attached hydrogen (secondary N) is 1. The van der Waals surface area contributed by atoms with Crippen LogP contribution in [0.15, 0.2) is 60.7 Å². The first-order valence-electron chi connectivity index (χ1n) is 10.6. The Morgan fingerprint density at radius 3 is 1.94 bits per heavy atom. The highest BCUT2D eigenvalue weighted by Gasteiger charge is 2.73. The highest BCUT2D eigenvalue weighted by atomic mass is 16.6. The fourth-order valence-corrected chi connectivity index (χ4v) is 4.63. The largest absolute Gasteiger partial charge is 0.464 e. The van der Waals surface area contributed by atoms with E-state index in [0.717, 1.165) is 4.90 Å². The van der Waals surface area contributed by atoms with Gasteiger partial charge in [-0.2, -0.15) is 0 Å². The second-order valence-electron chi connectivity index (χ2n) is 7.63. The van der Waals surface area contributed by atoms with Crippen LogP contribution in [0, 0.1) is 11.8 Å². The minimum atomic E-state index is -2.13. The van der Waals surface area contributed by atoms with Crippen LogP contribution in [-0.2, 0) is 28.7 Å². The minimum absolute atomic E-state index is 0.000402. The standard InChI is InChI=1S/C24H24N2O6/c1-3-31-22(29)24(23(30)32-4-2)18-17(19(25-24)15-11-7-5-8-12-15)20(27)26(21(18)28)16-13-9-6-10-14-16/h5-14,17-19,25H,3-4H2,1-2H3/t17-,18-,19-/m0/s1. The molecule has 2 fully saturated rings. The maximum absolute atomic E-state index is 13.7. The van der Waals surface area contributed by atoms with E-state index in [1.54, 1.807) is 68.4 Å². The van der Waals surface area contributed by atoms with Gasteiger partial charge in [-0.1, -0.05) is 48.5 Å². The molecule has 1 N–H and O–H groups in total. The van der Waals surface area contributed by atoms with Crippen LogP contribution in [0.5, 0.6) is 0 Å². The molecule has 0 spiro atoms. The summed E-state index contributed by atoms with van der Waals surface area (Å²) in [5.41, 5.74) is -1.08. The molecule has 8 nitrogen and oxygen atoms in total. The molecule has 0 aliphatic carbocycles. The quantitative estimate of drug-likeness (QED) is 0.420. The second kappa shape index (κ2) is 8.55. The molecule has 8 heteroatoms. The van der Waals surface area contributed by atoms with Crippen LogP contribution in [-0.4, -0.2) is 42.5 Å². The Hall–Kier alpha value is -3.52. The lowest BCUT2D eigenvalue weighted by atomic mass is 9.79. The Kier molecular flexibility index (Phi) is 5.80. The summed E-state index contributed by atoms with van der Waals surface area (Å²) in [5, 5.41) is 3.01. The normalized spacial score (nSPS) is 23.7. The van der Waals surface area contributed by atoms with Crippen molar-refractivity contribution < 1.29 is 28.7 Å². The second-order valence-corrected chi connectivity index (χ2v) is 7.63. The number of benzene rings is 2. The number of hydrogen-bond acceptors (Lipinski definition) is 7. The van der Waals surface area contributed by atoms with Crippen LogP contribution >= 0.6 is 0 Å². The molecule has 3 atom stereocenters. The lowest BCUT2D eigenvalue weighted by Crippen LogP contribution is -2.62. The molecule has 0 aromatic heterocycles. The predicted octanol–water partition coefficient (Wildman–Crippen LogP) is 2.00. The number of nitrogens with zero attached hydrogens (tertiary/aromatic N) is 1. The monoisotopic (exact) mass is 436 g/mol. The van der Waals surface area contributed by atoms with Crippen molar-refractivity contribution in [1.29, 1.82) is 0 Å².